The molecule has 0 aromatic heterocycles. The van der Waals surface area contributed by atoms with Gasteiger partial charge >= 0.3 is 0 Å². The molecule has 17 heavy (non-hydrogen) atoms. The zero-order valence-electron chi connectivity index (χ0n) is 10.9. The van der Waals surface area contributed by atoms with Crippen LogP contribution in [0.5, 0.6) is 0 Å². The summed E-state index contributed by atoms with van der Waals surface area (Å²) in [5.41, 5.74) is 0.717. The smallest absolute Gasteiger partial charge is 0.128 e. The van der Waals surface area contributed by atoms with Gasteiger partial charge in [0.2, 0.25) is 0 Å². The SMILES string of the molecule is CCC(C)C(C)NC(C)c1cc(Br)ccc1F. The lowest BCUT2D eigenvalue weighted by Crippen LogP contribution is -2.34. The maximum atomic E-state index is 13.7. The minimum Gasteiger partial charge on any atom is -0.307 e. The summed E-state index contributed by atoms with van der Waals surface area (Å²) < 4.78 is 14.6. The van der Waals surface area contributed by atoms with Crippen molar-refractivity contribution in [3.8, 4) is 0 Å². The van der Waals surface area contributed by atoms with Crippen molar-refractivity contribution < 1.29 is 4.39 Å². The number of rotatable bonds is 5. The first-order valence-corrected chi connectivity index (χ1v) is 6.96. The Morgan fingerprint density at radius 1 is 1.29 bits per heavy atom. The molecule has 3 atom stereocenters. The van der Waals surface area contributed by atoms with E-state index in [1.807, 2.05) is 13.0 Å². The summed E-state index contributed by atoms with van der Waals surface area (Å²) in [6.07, 6.45) is 1.13. The Morgan fingerprint density at radius 3 is 2.53 bits per heavy atom. The monoisotopic (exact) mass is 301 g/mol. The minimum atomic E-state index is -0.149. The molecule has 0 aliphatic heterocycles. The number of nitrogens with one attached hydrogen (secondary N) is 1. The van der Waals surface area contributed by atoms with Crippen molar-refractivity contribution in [3.05, 3.63) is 34.1 Å². The van der Waals surface area contributed by atoms with E-state index in [0.717, 1.165) is 16.5 Å². The quantitative estimate of drug-likeness (QED) is 0.833. The van der Waals surface area contributed by atoms with E-state index >= 15 is 0 Å². The molecule has 3 heteroatoms. The van der Waals surface area contributed by atoms with E-state index in [9.17, 15) is 4.39 Å². The average molecular weight is 302 g/mol. The van der Waals surface area contributed by atoms with E-state index in [-0.39, 0.29) is 11.9 Å². The first-order chi connectivity index (χ1) is 7.95. The number of halogens is 2. The van der Waals surface area contributed by atoms with Gasteiger partial charge in [0, 0.05) is 22.1 Å². The second-order valence-electron chi connectivity index (χ2n) is 4.73. The van der Waals surface area contributed by atoms with Crippen molar-refractivity contribution in [1.29, 1.82) is 0 Å². The summed E-state index contributed by atoms with van der Waals surface area (Å²) in [6, 6.07) is 5.48. The van der Waals surface area contributed by atoms with Crippen LogP contribution in [0.2, 0.25) is 0 Å². The van der Waals surface area contributed by atoms with Crippen LogP contribution < -0.4 is 5.32 Å². The van der Waals surface area contributed by atoms with E-state index in [0.29, 0.717) is 12.0 Å². The van der Waals surface area contributed by atoms with Gasteiger partial charge in [0.15, 0.2) is 0 Å². The first-order valence-electron chi connectivity index (χ1n) is 6.16. The normalized spacial score (nSPS) is 16.6. The summed E-state index contributed by atoms with van der Waals surface area (Å²) >= 11 is 3.38. The highest BCUT2D eigenvalue weighted by atomic mass is 79.9. The van der Waals surface area contributed by atoms with E-state index in [4.69, 9.17) is 0 Å². The van der Waals surface area contributed by atoms with Crippen molar-refractivity contribution in [2.45, 2.75) is 46.2 Å². The Morgan fingerprint density at radius 2 is 1.94 bits per heavy atom. The van der Waals surface area contributed by atoms with Crippen molar-refractivity contribution in [3.63, 3.8) is 0 Å². The molecule has 0 aliphatic rings. The Bertz CT molecular complexity index is 367. The molecule has 1 N–H and O–H groups in total. The fourth-order valence-corrected chi connectivity index (χ4v) is 2.23. The van der Waals surface area contributed by atoms with E-state index in [2.05, 4.69) is 42.0 Å². The summed E-state index contributed by atoms with van der Waals surface area (Å²) in [7, 11) is 0. The van der Waals surface area contributed by atoms with Gasteiger partial charge in [-0.3, -0.25) is 0 Å². The predicted molar refractivity (Wildman–Crippen MR) is 74.6 cm³/mol. The summed E-state index contributed by atoms with van der Waals surface area (Å²) in [5, 5.41) is 3.45. The molecule has 96 valence electrons. The van der Waals surface area contributed by atoms with Crippen LogP contribution in [0.15, 0.2) is 22.7 Å². The van der Waals surface area contributed by atoms with E-state index in [1.54, 1.807) is 6.07 Å². The molecular weight excluding hydrogens is 281 g/mol. The Labute approximate surface area is 112 Å². The number of benzene rings is 1. The minimum absolute atomic E-state index is 0.0245. The second-order valence-corrected chi connectivity index (χ2v) is 5.64. The topological polar surface area (TPSA) is 12.0 Å². The Kier molecular flexibility index (Phi) is 5.60. The molecule has 3 unspecified atom stereocenters. The molecule has 0 saturated heterocycles. The van der Waals surface area contributed by atoms with Gasteiger partial charge in [0.1, 0.15) is 5.82 Å². The third kappa shape index (κ3) is 4.07. The van der Waals surface area contributed by atoms with Gasteiger partial charge < -0.3 is 5.32 Å². The van der Waals surface area contributed by atoms with Crippen LogP contribution in [0.4, 0.5) is 4.39 Å². The van der Waals surface area contributed by atoms with Gasteiger partial charge in [-0.25, -0.2) is 4.39 Å². The molecule has 1 nitrogen and oxygen atoms in total. The van der Waals surface area contributed by atoms with Crippen LogP contribution in [0.3, 0.4) is 0 Å². The molecular formula is C14H21BrFN. The molecule has 0 heterocycles. The highest BCUT2D eigenvalue weighted by Crippen LogP contribution is 2.22. The predicted octanol–water partition coefficient (Wildman–Crippen LogP) is 4.67. The molecule has 0 saturated carbocycles. The fourth-order valence-electron chi connectivity index (χ4n) is 1.85. The molecule has 0 spiro atoms. The van der Waals surface area contributed by atoms with E-state index < -0.39 is 0 Å². The second kappa shape index (κ2) is 6.50. The highest BCUT2D eigenvalue weighted by molar-refractivity contribution is 9.10. The molecule has 0 aliphatic carbocycles. The zero-order valence-corrected chi connectivity index (χ0v) is 12.5. The average Bonchev–Trinajstić information content (AvgIpc) is 2.30. The van der Waals surface area contributed by atoms with E-state index in [1.165, 1.54) is 6.07 Å². The third-order valence-electron chi connectivity index (χ3n) is 3.43. The fraction of sp³-hybridized carbons (Fsp3) is 0.571. The molecule has 0 fully saturated rings. The largest absolute Gasteiger partial charge is 0.307 e. The molecule has 0 amide bonds. The maximum absolute atomic E-state index is 13.7. The number of hydrogen-bond donors (Lipinski definition) is 1. The molecule has 0 radical (unpaired) electrons. The van der Waals surface area contributed by atoms with Crippen LogP contribution in [0.1, 0.15) is 45.7 Å². The van der Waals surface area contributed by atoms with Crippen molar-refractivity contribution in [2.75, 3.05) is 0 Å². The molecule has 1 aromatic rings. The first kappa shape index (κ1) is 14.7. The summed E-state index contributed by atoms with van der Waals surface area (Å²) in [6.45, 7) is 8.54. The van der Waals surface area contributed by atoms with Gasteiger partial charge in [0.25, 0.3) is 0 Å². The molecule has 1 aromatic carbocycles. The summed E-state index contributed by atoms with van der Waals surface area (Å²) in [5.74, 6) is 0.442. The lowest BCUT2D eigenvalue weighted by Gasteiger charge is -2.25. The van der Waals surface area contributed by atoms with Crippen molar-refractivity contribution in [1.82, 2.24) is 5.32 Å². The summed E-state index contributed by atoms with van der Waals surface area (Å²) in [4.78, 5) is 0. The van der Waals surface area contributed by atoms with Crippen LogP contribution >= 0.6 is 15.9 Å². The van der Waals surface area contributed by atoms with Crippen LogP contribution in [-0.2, 0) is 0 Å². The van der Waals surface area contributed by atoms with Crippen LogP contribution in [-0.4, -0.2) is 6.04 Å². The van der Waals surface area contributed by atoms with Gasteiger partial charge in [-0.2, -0.15) is 0 Å². The van der Waals surface area contributed by atoms with Crippen molar-refractivity contribution in [2.24, 2.45) is 5.92 Å². The van der Waals surface area contributed by atoms with Gasteiger partial charge in [-0.05, 0) is 38.0 Å². The van der Waals surface area contributed by atoms with Gasteiger partial charge in [-0.15, -0.1) is 0 Å². The number of hydrogen-bond acceptors (Lipinski definition) is 1. The van der Waals surface area contributed by atoms with Crippen LogP contribution in [0.25, 0.3) is 0 Å². The third-order valence-corrected chi connectivity index (χ3v) is 3.93. The Hall–Kier alpha value is -0.410. The Balaban J connectivity index is 2.75. The van der Waals surface area contributed by atoms with Crippen LogP contribution in [0, 0.1) is 11.7 Å². The zero-order chi connectivity index (χ0) is 13.0. The molecule has 0 bridgehead atoms. The standard InChI is InChI=1S/C14H21BrFN/c1-5-9(2)10(3)17-11(4)13-8-12(15)6-7-14(13)16/h6-11,17H,5H2,1-4H3. The van der Waals surface area contributed by atoms with Crippen molar-refractivity contribution >= 4 is 15.9 Å². The van der Waals surface area contributed by atoms with Gasteiger partial charge in [0.05, 0.1) is 0 Å². The maximum Gasteiger partial charge on any atom is 0.128 e. The molecule has 1 rings (SSSR count). The van der Waals surface area contributed by atoms with Gasteiger partial charge in [-0.1, -0.05) is 36.2 Å². The lowest BCUT2D eigenvalue weighted by molar-refractivity contribution is 0.356. The lowest BCUT2D eigenvalue weighted by atomic mass is 9.98. The highest BCUT2D eigenvalue weighted by Gasteiger charge is 2.16.